The van der Waals surface area contributed by atoms with E-state index in [2.05, 4.69) is 32.1 Å². The lowest BCUT2D eigenvalue weighted by Gasteiger charge is -2.11. The van der Waals surface area contributed by atoms with E-state index in [1.807, 2.05) is 30.3 Å². The molecule has 2 N–H and O–H groups in total. The van der Waals surface area contributed by atoms with Gasteiger partial charge in [-0.05, 0) is 38.2 Å². The lowest BCUT2D eigenvalue weighted by atomic mass is 10.5. The second-order valence-electron chi connectivity index (χ2n) is 5.08. The number of guanidine groups is 1. The van der Waals surface area contributed by atoms with E-state index in [0.717, 1.165) is 30.6 Å². The van der Waals surface area contributed by atoms with Crippen molar-refractivity contribution in [1.82, 2.24) is 25.4 Å². The molecular weight excluding hydrogens is 399 g/mol. The van der Waals surface area contributed by atoms with E-state index in [1.54, 1.807) is 0 Å². The largest absolute Gasteiger partial charge is 0.356 e. The van der Waals surface area contributed by atoms with Gasteiger partial charge in [-0.25, -0.2) is 4.99 Å². The number of aromatic nitrogens is 3. The average molecular weight is 424 g/mol. The fourth-order valence-corrected chi connectivity index (χ4v) is 2.17. The van der Waals surface area contributed by atoms with Gasteiger partial charge in [0.25, 0.3) is 0 Å². The molecule has 1 saturated carbocycles. The number of halogens is 1. The first-order valence-corrected chi connectivity index (χ1v) is 8.48. The van der Waals surface area contributed by atoms with Crippen molar-refractivity contribution in [3.8, 4) is 0 Å². The summed E-state index contributed by atoms with van der Waals surface area (Å²) < 4.78 is 1.98. The zero-order valence-electron chi connectivity index (χ0n) is 12.9. The molecule has 0 amide bonds. The Morgan fingerprint density at radius 3 is 2.76 bits per heavy atom. The summed E-state index contributed by atoms with van der Waals surface area (Å²) in [5, 5.41) is 15.0. The quantitative estimate of drug-likeness (QED) is 0.302. The SMILES string of the molecule is CSCCCNC(=NCc1nnc(C)n1C)NC1CC1.I. The van der Waals surface area contributed by atoms with E-state index < -0.39 is 0 Å². The Morgan fingerprint density at radius 1 is 1.43 bits per heavy atom. The van der Waals surface area contributed by atoms with E-state index in [4.69, 9.17) is 0 Å². The van der Waals surface area contributed by atoms with Crippen LogP contribution in [0, 0.1) is 6.92 Å². The zero-order valence-corrected chi connectivity index (χ0v) is 16.1. The van der Waals surface area contributed by atoms with E-state index in [9.17, 15) is 0 Å². The van der Waals surface area contributed by atoms with E-state index in [1.165, 1.54) is 18.6 Å². The molecule has 0 radical (unpaired) electrons. The summed E-state index contributed by atoms with van der Waals surface area (Å²) in [6, 6.07) is 0.600. The molecule has 8 heteroatoms. The minimum Gasteiger partial charge on any atom is -0.356 e. The van der Waals surface area contributed by atoms with Crippen LogP contribution in [0.1, 0.15) is 30.9 Å². The fourth-order valence-electron chi connectivity index (χ4n) is 1.74. The van der Waals surface area contributed by atoms with Crippen molar-refractivity contribution < 1.29 is 0 Å². The van der Waals surface area contributed by atoms with Crippen LogP contribution in [0.25, 0.3) is 0 Å². The van der Waals surface area contributed by atoms with Crippen LogP contribution in [0.2, 0.25) is 0 Å². The highest BCUT2D eigenvalue weighted by atomic mass is 127. The van der Waals surface area contributed by atoms with Crippen LogP contribution >= 0.6 is 35.7 Å². The first-order valence-electron chi connectivity index (χ1n) is 7.09. The topological polar surface area (TPSA) is 67.1 Å². The summed E-state index contributed by atoms with van der Waals surface area (Å²) in [7, 11) is 1.97. The highest BCUT2D eigenvalue weighted by molar-refractivity contribution is 14.0. The molecule has 0 unspecified atom stereocenters. The number of nitrogens with zero attached hydrogens (tertiary/aromatic N) is 4. The number of nitrogens with one attached hydrogen (secondary N) is 2. The van der Waals surface area contributed by atoms with Crippen molar-refractivity contribution in [2.45, 2.75) is 38.8 Å². The minimum absolute atomic E-state index is 0. The summed E-state index contributed by atoms with van der Waals surface area (Å²) in [6.45, 7) is 3.46. The highest BCUT2D eigenvalue weighted by Gasteiger charge is 2.22. The van der Waals surface area contributed by atoms with Crippen LogP contribution in [0.5, 0.6) is 0 Å². The summed E-state index contributed by atoms with van der Waals surface area (Å²) in [6.07, 6.45) is 5.77. The van der Waals surface area contributed by atoms with Crippen molar-refractivity contribution >= 4 is 41.7 Å². The Kier molecular flexibility index (Phi) is 8.38. The predicted octanol–water partition coefficient (Wildman–Crippen LogP) is 1.69. The van der Waals surface area contributed by atoms with Gasteiger partial charge >= 0.3 is 0 Å². The van der Waals surface area contributed by atoms with Gasteiger partial charge in [0.1, 0.15) is 12.4 Å². The van der Waals surface area contributed by atoms with Crippen LogP contribution in [0.15, 0.2) is 4.99 Å². The van der Waals surface area contributed by atoms with Gasteiger partial charge in [-0.3, -0.25) is 0 Å². The van der Waals surface area contributed by atoms with E-state index in [-0.39, 0.29) is 24.0 Å². The van der Waals surface area contributed by atoms with Gasteiger partial charge < -0.3 is 15.2 Å². The maximum atomic E-state index is 4.61. The molecular formula is C13H25IN6S. The standard InChI is InChI=1S/C13H24N6S.HI/c1-10-17-18-12(19(10)2)9-15-13(16-11-5-6-11)14-7-4-8-20-3;/h11H,4-9H2,1-3H3,(H2,14,15,16);1H. The second kappa shape index (κ2) is 9.50. The number of aliphatic imine (C=N–C) groups is 1. The average Bonchev–Trinajstić information content (AvgIpc) is 3.20. The molecule has 0 atom stereocenters. The molecule has 1 aromatic rings. The van der Waals surface area contributed by atoms with Crippen LogP contribution in [0.3, 0.4) is 0 Å². The van der Waals surface area contributed by atoms with Crippen molar-refractivity contribution in [3.63, 3.8) is 0 Å². The van der Waals surface area contributed by atoms with Gasteiger partial charge in [0.15, 0.2) is 11.8 Å². The molecule has 1 aliphatic rings. The predicted molar refractivity (Wildman–Crippen MR) is 99.5 cm³/mol. The maximum absolute atomic E-state index is 4.61. The van der Waals surface area contributed by atoms with Gasteiger partial charge in [-0.2, -0.15) is 11.8 Å². The Labute approximate surface area is 148 Å². The van der Waals surface area contributed by atoms with Crippen molar-refractivity contribution in [3.05, 3.63) is 11.6 Å². The number of rotatable bonds is 7. The fraction of sp³-hybridized carbons (Fsp3) is 0.769. The Bertz CT molecular complexity index is 458. The van der Waals surface area contributed by atoms with Crippen molar-refractivity contribution in [2.24, 2.45) is 12.0 Å². The van der Waals surface area contributed by atoms with Gasteiger partial charge in [-0.15, -0.1) is 34.2 Å². The molecule has 0 saturated heterocycles. The third kappa shape index (κ3) is 6.41. The zero-order chi connectivity index (χ0) is 14.4. The second-order valence-corrected chi connectivity index (χ2v) is 6.06. The molecule has 0 spiro atoms. The normalized spacial score (nSPS) is 14.7. The number of thioether (sulfide) groups is 1. The third-order valence-corrected chi connectivity index (χ3v) is 3.99. The van der Waals surface area contributed by atoms with Crippen LogP contribution in [0.4, 0.5) is 0 Å². The first kappa shape index (κ1) is 18.5. The lowest BCUT2D eigenvalue weighted by Crippen LogP contribution is -2.39. The molecule has 21 heavy (non-hydrogen) atoms. The summed E-state index contributed by atoms with van der Waals surface area (Å²) >= 11 is 1.87. The molecule has 1 aromatic heterocycles. The highest BCUT2D eigenvalue weighted by Crippen LogP contribution is 2.18. The van der Waals surface area contributed by atoms with E-state index >= 15 is 0 Å². The van der Waals surface area contributed by atoms with Crippen molar-refractivity contribution in [1.29, 1.82) is 0 Å². The molecule has 1 heterocycles. The van der Waals surface area contributed by atoms with Gasteiger partial charge in [-0.1, -0.05) is 0 Å². The number of hydrogen-bond acceptors (Lipinski definition) is 4. The molecule has 120 valence electrons. The Balaban J connectivity index is 0.00000220. The summed E-state index contributed by atoms with van der Waals surface area (Å²) in [5.41, 5.74) is 0. The minimum atomic E-state index is 0. The molecule has 2 rings (SSSR count). The monoisotopic (exact) mass is 424 g/mol. The molecule has 1 aliphatic carbocycles. The molecule has 6 nitrogen and oxygen atoms in total. The number of hydrogen-bond donors (Lipinski definition) is 2. The summed E-state index contributed by atoms with van der Waals surface area (Å²) in [4.78, 5) is 4.61. The van der Waals surface area contributed by atoms with Crippen LogP contribution in [-0.4, -0.2) is 45.3 Å². The molecule has 0 aromatic carbocycles. The Hall–Kier alpha value is -0.510. The van der Waals surface area contributed by atoms with Gasteiger partial charge in [0.2, 0.25) is 0 Å². The first-order chi connectivity index (χ1) is 9.70. The molecule has 1 fully saturated rings. The Morgan fingerprint density at radius 2 is 2.19 bits per heavy atom. The van der Waals surface area contributed by atoms with Gasteiger partial charge in [0.05, 0.1) is 0 Å². The smallest absolute Gasteiger partial charge is 0.191 e. The maximum Gasteiger partial charge on any atom is 0.191 e. The molecule has 0 aliphatic heterocycles. The van der Waals surface area contributed by atoms with Gasteiger partial charge in [0, 0.05) is 19.6 Å². The lowest BCUT2D eigenvalue weighted by molar-refractivity contribution is 0.744. The molecule has 0 bridgehead atoms. The van der Waals surface area contributed by atoms with Crippen LogP contribution in [-0.2, 0) is 13.6 Å². The number of aryl methyl sites for hydroxylation is 1. The van der Waals surface area contributed by atoms with E-state index in [0.29, 0.717) is 12.6 Å². The third-order valence-electron chi connectivity index (χ3n) is 3.30. The van der Waals surface area contributed by atoms with Crippen LogP contribution < -0.4 is 10.6 Å². The summed E-state index contributed by atoms with van der Waals surface area (Å²) in [5.74, 6) is 3.88. The van der Waals surface area contributed by atoms with Crippen molar-refractivity contribution in [2.75, 3.05) is 18.6 Å².